The molecule has 2 rings (SSSR count). The van der Waals surface area contributed by atoms with E-state index >= 15 is 0 Å². The summed E-state index contributed by atoms with van der Waals surface area (Å²) < 4.78 is 1.51. The highest BCUT2D eigenvalue weighted by atomic mass is 16.1. The molecule has 1 fully saturated rings. The fraction of sp³-hybridized carbons (Fsp3) is 0.733. The molecule has 1 heterocycles. The van der Waals surface area contributed by atoms with E-state index in [1.54, 1.807) is 12.3 Å². The van der Waals surface area contributed by atoms with Gasteiger partial charge in [0.15, 0.2) is 0 Å². The lowest BCUT2D eigenvalue weighted by molar-refractivity contribution is 0.366. The molecule has 2 N–H and O–H groups in total. The fourth-order valence-corrected chi connectivity index (χ4v) is 3.06. The number of nitrogens with two attached hydrogens (primary N) is 1. The molecule has 1 saturated carbocycles. The largest absolute Gasteiger partial charge is 0.371 e. The van der Waals surface area contributed by atoms with Crippen LogP contribution in [0.4, 0.5) is 5.69 Å². The minimum atomic E-state index is -0.0529. The smallest absolute Gasteiger partial charge is 0.268 e. The van der Waals surface area contributed by atoms with E-state index in [-0.39, 0.29) is 11.6 Å². The van der Waals surface area contributed by atoms with Gasteiger partial charge in [-0.2, -0.15) is 5.10 Å². The van der Waals surface area contributed by atoms with Gasteiger partial charge in [-0.15, -0.1) is 0 Å². The van der Waals surface area contributed by atoms with Crippen LogP contribution in [0.15, 0.2) is 17.1 Å². The highest BCUT2D eigenvalue weighted by Crippen LogP contribution is 2.27. The summed E-state index contributed by atoms with van der Waals surface area (Å²) in [4.78, 5) is 14.3. The molecule has 5 heteroatoms. The van der Waals surface area contributed by atoms with Crippen LogP contribution in [0.1, 0.15) is 39.5 Å². The van der Waals surface area contributed by atoms with Crippen molar-refractivity contribution in [1.29, 1.82) is 0 Å². The third-order valence-corrected chi connectivity index (χ3v) is 4.37. The Morgan fingerprint density at radius 2 is 2.05 bits per heavy atom. The van der Waals surface area contributed by atoms with Crippen LogP contribution in [0.25, 0.3) is 0 Å². The van der Waals surface area contributed by atoms with Gasteiger partial charge < -0.3 is 10.6 Å². The first-order chi connectivity index (χ1) is 9.65. The van der Waals surface area contributed by atoms with E-state index in [0.717, 1.165) is 18.8 Å². The summed E-state index contributed by atoms with van der Waals surface area (Å²) in [6, 6.07) is 1.71. The number of hydrogen-bond acceptors (Lipinski definition) is 4. The van der Waals surface area contributed by atoms with Gasteiger partial charge in [0.2, 0.25) is 0 Å². The first kappa shape index (κ1) is 15.0. The minimum absolute atomic E-state index is 0.0435. The van der Waals surface area contributed by atoms with E-state index in [1.807, 2.05) is 0 Å². The van der Waals surface area contributed by atoms with Gasteiger partial charge >= 0.3 is 0 Å². The van der Waals surface area contributed by atoms with Gasteiger partial charge in [0.1, 0.15) is 0 Å². The van der Waals surface area contributed by atoms with Crippen LogP contribution >= 0.6 is 0 Å². The van der Waals surface area contributed by atoms with Crippen LogP contribution in [0.2, 0.25) is 0 Å². The van der Waals surface area contributed by atoms with Crippen LogP contribution in [-0.2, 0) is 6.54 Å². The molecule has 20 heavy (non-hydrogen) atoms. The molecule has 1 atom stereocenters. The summed E-state index contributed by atoms with van der Waals surface area (Å²) in [6.45, 7) is 6.44. The molecule has 1 aliphatic carbocycles. The predicted octanol–water partition coefficient (Wildman–Crippen LogP) is 1.61. The Balaban J connectivity index is 2.07. The standard InChI is InChI=1S/C15H26N4O/c1-3-18(4-2)13-9-15(20)19(17-10-13)11-14(16)12-7-5-6-8-12/h9-10,12,14H,3-8,11,16H2,1-2H3. The number of nitrogens with zero attached hydrogens (tertiary/aromatic N) is 3. The van der Waals surface area contributed by atoms with E-state index in [4.69, 9.17) is 5.73 Å². The Labute approximate surface area is 120 Å². The lowest BCUT2D eigenvalue weighted by atomic mass is 9.99. The molecule has 1 aliphatic rings. The Bertz CT molecular complexity index is 475. The number of hydrogen-bond donors (Lipinski definition) is 1. The number of rotatable bonds is 6. The van der Waals surface area contributed by atoms with Crippen LogP contribution < -0.4 is 16.2 Å². The molecule has 1 aromatic heterocycles. The van der Waals surface area contributed by atoms with Gasteiger partial charge in [-0.3, -0.25) is 4.79 Å². The van der Waals surface area contributed by atoms with Crippen LogP contribution in [0.5, 0.6) is 0 Å². The molecular weight excluding hydrogens is 252 g/mol. The second-order valence-corrected chi connectivity index (χ2v) is 5.61. The van der Waals surface area contributed by atoms with Gasteiger partial charge in [-0.1, -0.05) is 12.8 Å². The molecule has 0 radical (unpaired) electrons. The molecule has 0 amide bonds. The third-order valence-electron chi connectivity index (χ3n) is 4.37. The van der Waals surface area contributed by atoms with Crippen molar-refractivity contribution < 1.29 is 0 Å². The Kier molecular flexibility index (Phi) is 5.17. The van der Waals surface area contributed by atoms with Crippen molar-refractivity contribution in [2.24, 2.45) is 11.7 Å². The molecule has 1 aromatic rings. The van der Waals surface area contributed by atoms with Crippen molar-refractivity contribution in [2.75, 3.05) is 18.0 Å². The van der Waals surface area contributed by atoms with Gasteiger partial charge in [0, 0.05) is 25.2 Å². The van der Waals surface area contributed by atoms with Crippen molar-refractivity contribution in [3.05, 3.63) is 22.6 Å². The van der Waals surface area contributed by atoms with Crippen LogP contribution in [-0.4, -0.2) is 28.9 Å². The van der Waals surface area contributed by atoms with Crippen molar-refractivity contribution in [1.82, 2.24) is 9.78 Å². The second kappa shape index (κ2) is 6.88. The quantitative estimate of drug-likeness (QED) is 0.858. The summed E-state index contributed by atoms with van der Waals surface area (Å²) in [6.07, 6.45) is 6.68. The first-order valence-corrected chi connectivity index (χ1v) is 7.73. The van der Waals surface area contributed by atoms with Gasteiger partial charge in [0.05, 0.1) is 18.4 Å². The SMILES string of the molecule is CCN(CC)c1cnn(CC(N)C2CCCC2)c(=O)c1. The normalized spacial score (nSPS) is 17.4. The zero-order chi connectivity index (χ0) is 14.5. The average Bonchev–Trinajstić information content (AvgIpc) is 2.97. The molecule has 0 bridgehead atoms. The summed E-state index contributed by atoms with van der Waals surface area (Å²) in [7, 11) is 0. The summed E-state index contributed by atoms with van der Waals surface area (Å²) in [5, 5.41) is 4.29. The average molecular weight is 278 g/mol. The Morgan fingerprint density at radius 3 is 2.60 bits per heavy atom. The van der Waals surface area contributed by atoms with Crippen molar-refractivity contribution in [3.63, 3.8) is 0 Å². The van der Waals surface area contributed by atoms with E-state index in [0.29, 0.717) is 12.5 Å². The maximum atomic E-state index is 12.1. The lowest BCUT2D eigenvalue weighted by Gasteiger charge is -2.22. The fourth-order valence-electron chi connectivity index (χ4n) is 3.06. The number of aromatic nitrogens is 2. The summed E-state index contributed by atoms with van der Waals surface area (Å²) in [5.74, 6) is 0.547. The molecule has 0 aliphatic heterocycles. The first-order valence-electron chi connectivity index (χ1n) is 7.73. The second-order valence-electron chi connectivity index (χ2n) is 5.61. The predicted molar refractivity (Wildman–Crippen MR) is 82.0 cm³/mol. The highest BCUT2D eigenvalue weighted by molar-refractivity contribution is 5.42. The van der Waals surface area contributed by atoms with E-state index in [1.165, 1.54) is 30.4 Å². The Morgan fingerprint density at radius 1 is 1.40 bits per heavy atom. The number of anilines is 1. The molecule has 0 spiro atoms. The Hall–Kier alpha value is -1.36. The van der Waals surface area contributed by atoms with Gasteiger partial charge in [-0.25, -0.2) is 4.68 Å². The topological polar surface area (TPSA) is 64.2 Å². The molecule has 112 valence electrons. The third kappa shape index (κ3) is 3.39. The van der Waals surface area contributed by atoms with Crippen LogP contribution in [0, 0.1) is 5.92 Å². The maximum absolute atomic E-state index is 12.1. The molecule has 0 aromatic carbocycles. The minimum Gasteiger partial charge on any atom is -0.371 e. The van der Waals surface area contributed by atoms with Crippen molar-refractivity contribution in [3.8, 4) is 0 Å². The highest BCUT2D eigenvalue weighted by Gasteiger charge is 2.22. The summed E-state index contributed by atoms with van der Waals surface area (Å²) >= 11 is 0. The van der Waals surface area contributed by atoms with E-state index in [2.05, 4.69) is 23.8 Å². The van der Waals surface area contributed by atoms with E-state index in [9.17, 15) is 4.79 Å². The molecule has 5 nitrogen and oxygen atoms in total. The summed E-state index contributed by atoms with van der Waals surface area (Å²) in [5.41, 5.74) is 7.06. The monoisotopic (exact) mass is 278 g/mol. The lowest BCUT2D eigenvalue weighted by Crippen LogP contribution is -2.38. The zero-order valence-electron chi connectivity index (χ0n) is 12.6. The maximum Gasteiger partial charge on any atom is 0.268 e. The zero-order valence-corrected chi connectivity index (χ0v) is 12.6. The molecular formula is C15H26N4O. The van der Waals surface area contributed by atoms with Gasteiger partial charge in [0.25, 0.3) is 5.56 Å². The van der Waals surface area contributed by atoms with Gasteiger partial charge in [-0.05, 0) is 32.6 Å². The van der Waals surface area contributed by atoms with Crippen LogP contribution in [0.3, 0.4) is 0 Å². The van der Waals surface area contributed by atoms with Crippen molar-refractivity contribution >= 4 is 5.69 Å². The van der Waals surface area contributed by atoms with Crippen molar-refractivity contribution in [2.45, 2.75) is 52.1 Å². The molecule has 0 saturated heterocycles. The molecule has 1 unspecified atom stereocenters. The van der Waals surface area contributed by atoms with E-state index < -0.39 is 0 Å².